The Hall–Kier alpha value is -2.82. The molecule has 0 aliphatic carbocycles. The second-order valence-corrected chi connectivity index (χ2v) is 7.47. The van der Waals surface area contributed by atoms with Gasteiger partial charge in [-0.15, -0.1) is 0 Å². The summed E-state index contributed by atoms with van der Waals surface area (Å²) in [6.45, 7) is 8.53. The number of benzene rings is 2. The largest absolute Gasteiger partial charge is 0.494 e. The number of amides is 2. The van der Waals surface area contributed by atoms with Crippen LogP contribution in [0.4, 0.5) is 5.69 Å². The molecule has 2 amide bonds. The van der Waals surface area contributed by atoms with Gasteiger partial charge in [0.15, 0.2) is 0 Å². The molecule has 5 nitrogen and oxygen atoms in total. The van der Waals surface area contributed by atoms with Crippen molar-refractivity contribution in [3.63, 3.8) is 0 Å². The zero-order valence-corrected chi connectivity index (χ0v) is 16.5. The van der Waals surface area contributed by atoms with Gasteiger partial charge in [-0.25, -0.2) is 0 Å². The predicted octanol–water partition coefficient (Wildman–Crippen LogP) is 4.65. The van der Waals surface area contributed by atoms with Gasteiger partial charge >= 0.3 is 0 Å². The number of ether oxygens (including phenoxy) is 1. The van der Waals surface area contributed by atoms with Gasteiger partial charge in [-0.3, -0.25) is 9.59 Å². The molecule has 0 saturated carbocycles. The quantitative estimate of drug-likeness (QED) is 0.699. The molecule has 2 aromatic carbocycles. The zero-order chi connectivity index (χ0) is 19.9. The number of carbonyl (C=O) groups is 2. The molecule has 144 valence electrons. The van der Waals surface area contributed by atoms with Gasteiger partial charge in [-0.1, -0.05) is 19.4 Å². The first kappa shape index (κ1) is 20.5. The summed E-state index contributed by atoms with van der Waals surface area (Å²) in [5.41, 5.74) is 1.41. The SMILES string of the molecule is CCCCOc1cccc(C(=O)Nc2ccc(C(=O)NC(C)(C)C)cc2)c1. The summed E-state index contributed by atoms with van der Waals surface area (Å²) in [4.78, 5) is 24.6. The smallest absolute Gasteiger partial charge is 0.255 e. The molecule has 27 heavy (non-hydrogen) atoms. The molecular weight excluding hydrogens is 340 g/mol. The number of hydrogen-bond donors (Lipinski definition) is 2. The summed E-state index contributed by atoms with van der Waals surface area (Å²) in [6.07, 6.45) is 2.04. The normalized spacial score (nSPS) is 11.0. The monoisotopic (exact) mass is 368 g/mol. The van der Waals surface area contributed by atoms with Crippen molar-refractivity contribution in [1.82, 2.24) is 5.32 Å². The van der Waals surface area contributed by atoms with Crippen LogP contribution in [0.5, 0.6) is 5.75 Å². The van der Waals surface area contributed by atoms with Crippen LogP contribution in [0.25, 0.3) is 0 Å². The lowest BCUT2D eigenvalue weighted by Crippen LogP contribution is -2.40. The standard InChI is InChI=1S/C22H28N2O3/c1-5-6-14-27-19-9-7-8-17(15-19)20(25)23-18-12-10-16(11-13-18)21(26)24-22(2,3)4/h7-13,15H,5-6,14H2,1-4H3,(H,23,25)(H,24,26). The summed E-state index contributed by atoms with van der Waals surface area (Å²) in [7, 11) is 0. The van der Waals surface area contributed by atoms with Gasteiger partial charge < -0.3 is 15.4 Å². The molecule has 2 aromatic rings. The summed E-state index contributed by atoms with van der Waals surface area (Å²) < 4.78 is 5.64. The second-order valence-electron chi connectivity index (χ2n) is 7.47. The van der Waals surface area contributed by atoms with E-state index >= 15 is 0 Å². The van der Waals surface area contributed by atoms with Crippen LogP contribution in [0.15, 0.2) is 48.5 Å². The maximum atomic E-state index is 12.5. The average molecular weight is 368 g/mol. The maximum Gasteiger partial charge on any atom is 0.255 e. The first-order chi connectivity index (χ1) is 12.8. The van der Waals surface area contributed by atoms with Gasteiger partial charge in [-0.2, -0.15) is 0 Å². The fourth-order valence-electron chi connectivity index (χ4n) is 2.38. The molecule has 2 rings (SSSR count). The van der Waals surface area contributed by atoms with Crippen molar-refractivity contribution in [3.05, 3.63) is 59.7 Å². The highest BCUT2D eigenvalue weighted by molar-refractivity contribution is 6.04. The van der Waals surface area contributed by atoms with E-state index in [1.54, 1.807) is 42.5 Å². The third-order valence-electron chi connectivity index (χ3n) is 3.76. The van der Waals surface area contributed by atoms with E-state index in [1.807, 2.05) is 26.8 Å². The first-order valence-corrected chi connectivity index (χ1v) is 9.25. The molecule has 0 heterocycles. The van der Waals surface area contributed by atoms with E-state index in [9.17, 15) is 9.59 Å². The van der Waals surface area contributed by atoms with Crippen LogP contribution < -0.4 is 15.4 Å². The summed E-state index contributed by atoms with van der Waals surface area (Å²) in [5.74, 6) is 0.324. The molecule has 0 aliphatic heterocycles. The predicted molar refractivity (Wildman–Crippen MR) is 108 cm³/mol. The number of rotatable bonds is 7. The number of anilines is 1. The summed E-state index contributed by atoms with van der Waals surface area (Å²) in [6, 6.07) is 13.9. The minimum atomic E-state index is -0.297. The molecule has 5 heteroatoms. The fourth-order valence-corrected chi connectivity index (χ4v) is 2.38. The maximum absolute atomic E-state index is 12.5. The average Bonchev–Trinajstić information content (AvgIpc) is 2.61. The van der Waals surface area contributed by atoms with Crippen LogP contribution in [0.2, 0.25) is 0 Å². The number of carbonyl (C=O) groups excluding carboxylic acids is 2. The van der Waals surface area contributed by atoms with Crippen molar-refractivity contribution in [2.45, 2.75) is 46.1 Å². The van der Waals surface area contributed by atoms with Gasteiger partial charge in [0.05, 0.1) is 6.61 Å². The number of unbranched alkanes of at least 4 members (excludes halogenated alkanes) is 1. The van der Waals surface area contributed by atoms with Crippen LogP contribution in [0.3, 0.4) is 0 Å². The van der Waals surface area contributed by atoms with Crippen molar-refractivity contribution < 1.29 is 14.3 Å². The van der Waals surface area contributed by atoms with Crippen LogP contribution in [0.1, 0.15) is 61.3 Å². The lowest BCUT2D eigenvalue weighted by atomic mass is 10.1. The molecule has 0 saturated heterocycles. The Morgan fingerprint density at radius 2 is 1.67 bits per heavy atom. The highest BCUT2D eigenvalue weighted by Crippen LogP contribution is 2.17. The Balaban J connectivity index is 1.99. The molecule has 0 aromatic heterocycles. The highest BCUT2D eigenvalue weighted by atomic mass is 16.5. The number of nitrogens with one attached hydrogen (secondary N) is 2. The third kappa shape index (κ3) is 6.77. The van der Waals surface area contributed by atoms with Crippen LogP contribution >= 0.6 is 0 Å². The summed E-state index contributed by atoms with van der Waals surface area (Å²) >= 11 is 0. The third-order valence-corrected chi connectivity index (χ3v) is 3.76. The van der Waals surface area contributed by atoms with Crippen molar-refractivity contribution in [2.24, 2.45) is 0 Å². The highest BCUT2D eigenvalue weighted by Gasteiger charge is 2.15. The Bertz CT molecular complexity index is 777. The Kier molecular flexibility index (Phi) is 6.99. The Morgan fingerprint density at radius 3 is 2.30 bits per heavy atom. The minimum absolute atomic E-state index is 0.141. The molecule has 0 atom stereocenters. The van der Waals surface area contributed by atoms with Gasteiger partial charge in [0.2, 0.25) is 0 Å². The molecule has 2 N–H and O–H groups in total. The van der Waals surface area contributed by atoms with Crippen LogP contribution in [-0.4, -0.2) is 24.0 Å². The van der Waals surface area contributed by atoms with Gasteiger partial charge in [-0.05, 0) is 69.7 Å². The van der Waals surface area contributed by atoms with E-state index < -0.39 is 0 Å². The molecular formula is C22H28N2O3. The van der Waals surface area contributed by atoms with Crippen molar-refractivity contribution in [2.75, 3.05) is 11.9 Å². The van der Waals surface area contributed by atoms with Gasteiger partial charge in [0.1, 0.15) is 5.75 Å². The first-order valence-electron chi connectivity index (χ1n) is 9.25. The summed E-state index contributed by atoms with van der Waals surface area (Å²) in [5, 5.41) is 5.75. The molecule has 0 aliphatic rings. The zero-order valence-electron chi connectivity index (χ0n) is 16.5. The molecule has 0 bridgehead atoms. The van der Waals surface area contributed by atoms with Crippen molar-refractivity contribution in [1.29, 1.82) is 0 Å². The second kappa shape index (κ2) is 9.21. The molecule has 0 radical (unpaired) electrons. The lowest BCUT2D eigenvalue weighted by Gasteiger charge is -2.20. The van der Waals surface area contributed by atoms with E-state index in [0.717, 1.165) is 12.8 Å². The molecule has 0 fully saturated rings. The van der Waals surface area contributed by atoms with Crippen molar-refractivity contribution >= 4 is 17.5 Å². The lowest BCUT2D eigenvalue weighted by molar-refractivity contribution is 0.0919. The number of hydrogen-bond acceptors (Lipinski definition) is 3. The van der Waals surface area contributed by atoms with E-state index in [-0.39, 0.29) is 17.4 Å². The van der Waals surface area contributed by atoms with Crippen molar-refractivity contribution in [3.8, 4) is 5.75 Å². The van der Waals surface area contributed by atoms with Gasteiger partial charge in [0, 0.05) is 22.4 Å². The molecule has 0 spiro atoms. The van der Waals surface area contributed by atoms with E-state index in [1.165, 1.54) is 0 Å². The van der Waals surface area contributed by atoms with Crippen LogP contribution in [0, 0.1) is 0 Å². The Labute approximate surface area is 161 Å². The Morgan fingerprint density at radius 1 is 0.963 bits per heavy atom. The molecule has 0 unspecified atom stereocenters. The van der Waals surface area contributed by atoms with E-state index in [0.29, 0.717) is 29.2 Å². The van der Waals surface area contributed by atoms with Crippen LogP contribution in [-0.2, 0) is 0 Å². The topological polar surface area (TPSA) is 67.4 Å². The van der Waals surface area contributed by atoms with Gasteiger partial charge in [0.25, 0.3) is 11.8 Å². The van der Waals surface area contributed by atoms with E-state index in [2.05, 4.69) is 17.6 Å². The van der Waals surface area contributed by atoms with E-state index in [4.69, 9.17) is 4.74 Å². The fraction of sp³-hybridized carbons (Fsp3) is 0.364. The minimum Gasteiger partial charge on any atom is -0.494 e.